The molecule has 1 amide bonds. The van der Waals surface area contributed by atoms with Gasteiger partial charge in [-0.05, 0) is 48.7 Å². The highest BCUT2D eigenvalue weighted by molar-refractivity contribution is 5.95. The van der Waals surface area contributed by atoms with E-state index < -0.39 is 0 Å². The number of ether oxygens (including phenoxy) is 1. The predicted octanol–water partition coefficient (Wildman–Crippen LogP) is 3.31. The van der Waals surface area contributed by atoms with Crippen molar-refractivity contribution in [1.29, 1.82) is 0 Å². The lowest BCUT2D eigenvalue weighted by molar-refractivity contribution is 0.0487. The summed E-state index contributed by atoms with van der Waals surface area (Å²) in [7, 11) is 0. The standard InChI is InChI=1S/C19H21FN2O2.ClH/c20-16-6-4-15(5-7-16)19(8-10-24-11-9-19)13-22-18(23)14-2-1-3-17(21)12-14;/h1-7,12H,8-11,13,21H2,(H,22,23);1H. The molecule has 2 aromatic rings. The van der Waals surface area contributed by atoms with Gasteiger partial charge in [0.1, 0.15) is 5.82 Å². The Hall–Kier alpha value is -2.11. The maximum atomic E-state index is 13.2. The number of nitrogens with one attached hydrogen (secondary N) is 1. The fourth-order valence-electron chi connectivity index (χ4n) is 3.16. The number of amides is 1. The number of hydrogen-bond donors (Lipinski definition) is 2. The number of nitrogen functional groups attached to an aromatic ring is 1. The van der Waals surface area contributed by atoms with Crippen molar-refractivity contribution in [1.82, 2.24) is 5.32 Å². The summed E-state index contributed by atoms with van der Waals surface area (Å²) in [4.78, 5) is 12.4. The molecule has 1 aliphatic rings. The Labute approximate surface area is 153 Å². The highest BCUT2D eigenvalue weighted by Crippen LogP contribution is 2.34. The molecule has 0 unspecified atom stereocenters. The van der Waals surface area contributed by atoms with E-state index in [9.17, 15) is 9.18 Å². The van der Waals surface area contributed by atoms with E-state index in [2.05, 4.69) is 5.32 Å². The summed E-state index contributed by atoms with van der Waals surface area (Å²) < 4.78 is 18.7. The van der Waals surface area contributed by atoms with E-state index in [-0.39, 0.29) is 29.5 Å². The number of carbonyl (C=O) groups excluding carboxylic acids is 1. The number of nitrogens with two attached hydrogens (primary N) is 1. The third kappa shape index (κ3) is 4.50. The van der Waals surface area contributed by atoms with E-state index in [1.54, 1.807) is 36.4 Å². The third-order valence-electron chi connectivity index (χ3n) is 4.64. The normalized spacial score (nSPS) is 15.9. The fourth-order valence-corrected chi connectivity index (χ4v) is 3.16. The van der Waals surface area contributed by atoms with E-state index in [0.717, 1.165) is 18.4 Å². The van der Waals surface area contributed by atoms with Crippen LogP contribution in [-0.2, 0) is 10.2 Å². The summed E-state index contributed by atoms with van der Waals surface area (Å²) in [6.45, 7) is 1.74. The summed E-state index contributed by atoms with van der Waals surface area (Å²) in [5, 5.41) is 3.01. The van der Waals surface area contributed by atoms with Gasteiger partial charge < -0.3 is 15.8 Å². The molecule has 0 atom stereocenters. The number of benzene rings is 2. The molecule has 0 aliphatic carbocycles. The van der Waals surface area contributed by atoms with Crippen molar-refractivity contribution < 1.29 is 13.9 Å². The zero-order valence-electron chi connectivity index (χ0n) is 13.8. The Morgan fingerprint density at radius 2 is 1.84 bits per heavy atom. The molecule has 3 rings (SSSR count). The molecular formula is C19H22ClFN2O2. The van der Waals surface area contributed by atoms with E-state index in [1.807, 2.05) is 0 Å². The lowest BCUT2D eigenvalue weighted by Gasteiger charge is -2.38. The Kier molecular flexibility index (Phi) is 6.39. The predicted molar refractivity (Wildman–Crippen MR) is 98.6 cm³/mol. The minimum atomic E-state index is -0.259. The number of carbonyl (C=O) groups is 1. The molecule has 0 radical (unpaired) electrons. The average Bonchev–Trinajstić information content (AvgIpc) is 2.61. The lowest BCUT2D eigenvalue weighted by Crippen LogP contribution is -2.44. The smallest absolute Gasteiger partial charge is 0.251 e. The molecule has 6 heteroatoms. The van der Waals surface area contributed by atoms with Crippen LogP contribution in [0.2, 0.25) is 0 Å². The molecule has 134 valence electrons. The molecule has 1 heterocycles. The van der Waals surface area contributed by atoms with Crippen LogP contribution in [-0.4, -0.2) is 25.7 Å². The quantitative estimate of drug-likeness (QED) is 0.818. The molecule has 1 aliphatic heterocycles. The summed E-state index contributed by atoms with van der Waals surface area (Å²) in [6, 6.07) is 13.4. The third-order valence-corrected chi connectivity index (χ3v) is 4.64. The fraction of sp³-hybridized carbons (Fsp3) is 0.316. The van der Waals surface area contributed by atoms with Crippen LogP contribution < -0.4 is 11.1 Å². The highest BCUT2D eigenvalue weighted by atomic mass is 35.5. The second-order valence-electron chi connectivity index (χ2n) is 6.21. The van der Waals surface area contributed by atoms with Gasteiger partial charge in [0.2, 0.25) is 0 Å². The zero-order chi connectivity index (χ0) is 17.0. The summed E-state index contributed by atoms with van der Waals surface area (Å²) in [5.74, 6) is -0.417. The van der Waals surface area contributed by atoms with Crippen molar-refractivity contribution in [2.45, 2.75) is 18.3 Å². The number of anilines is 1. The maximum absolute atomic E-state index is 13.2. The van der Waals surface area contributed by atoms with Crippen molar-refractivity contribution in [3.63, 3.8) is 0 Å². The Morgan fingerprint density at radius 3 is 2.48 bits per heavy atom. The molecular weight excluding hydrogens is 343 g/mol. The second kappa shape index (κ2) is 8.32. The summed E-state index contributed by atoms with van der Waals surface area (Å²) >= 11 is 0. The first-order valence-electron chi connectivity index (χ1n) is 8.07. The van der Waals surface area contributed by atoms with Gasteiger partial charge in [-0.25, -0.2) is 4.39 Å². The SMILES string of the molecule is Cl.Nc1cccc(C(=O)NCC2(c3ccc(F)cc3)CCOCC2)c1. The van der Waals surface area contributed by atoms with Crippen LogP contribution in [0.15, 0.2) is 48.5 Å². The van der Waals surface area contributed by atoms with Gasteiger partial charge in [-0.2, -0.15) is 0 Å². The van der Waals surface area contributed by atoms with E-state index in [1.165, 1.54) is 12.1 Å². The van der Waals surface area contributed by atoms with Gasteiger partial charge in [-0.3, -0.25) is 4.79 Å². The van der Waals surface area contributed by atoms with Gasteiger partial charge in [0.15, 0.2) is 0 Å². The Bertz CT molecular complexity index is 716. The van der Waals surface area contributed by atoms with E-state index in [4.69, 9.17) is 10.5 Å². The van der Waals surface area contributed by atoms with Gasteiger partial charge >= 0.3 is 0 Å². The van der Waals surface area contributed by atoms with Crippen LogP contribution in [0.4, 0.5) is 10.1 Å². The first kappa shape index (κ1) is 19.2. The van der Waals surface area contributed by atoms with Gasteiger partial charge in [0.05, 0.1) is 0 Å². The molecule has 0 spiro atoms. The molecule has 1 saturated heterocycles. The molecule has 0 aromatic heterocycles. The molecule has 3 N–H and O–H groups in total. The van der Waals surface area contributed by atoms with Crippen LogP contribution in [0.1, 0.15) is 28.8 Å². The van der Waals surface area contributed by atoms with Crippen molar-refractivity contribution in [3.8, 4) is 0 Å². The Morgan fingerprint density at radius 1 is 1.16 bits per heavy atom. The summed E-state index contributed by atoms with van der Waals surface area (Å²) in [5.41, 5.74) is 7.62. The van der Waals surface area contributed by atoms with Gasteiger partial charge in [-0.15, -0.1) is 12.4 Å². The molecule has 0 bridgehead atoms. The monoisotopic (exact) mass is 364 g/mol. The maximum Gasteiger partial charge on any atom is 0.251 e. The molecule has 0 saturated carbocycles. The lowest BCUT2D eigenvalue weighted by atomic mass is 9.74. The first-order chi connectivity index (χ1) is 11.6. The minimum absolute atomic E-state index is 0. The highest BCUT2D eigenvalue weighted by Gasteiger charge is 2.35. The topological polar surface area (TPSA) is 64.4 Å². The van der Waals surface area contributed by atoms with Crippen LogP contribution in [0.25, 0.3) is 0 Å². The molecule has 2 aromatic carbocycles. The number of rotatable bonds is 4. The first-order valence-corrected chi connectivity index (χ1v) is 8.07. The van der Waals surface area contributed by atoms with Crippen molar-refractivity contribution >= 4 is 24.0 Å². The second-order valence-corrected chi connectivity index (χ2v) is 6.21. The van der Waals surface area contributed by atoms with Crippen LogP contribution in [0.5, 0.6) is 0 Å². The largest absolute Gasteiger partial charge is 0.399 e. The van der Waals surface area contributed by atoms with Crippen molar-refractivity contribution in [3.05, 3.63) is 65.5 Å². The van der Waals surface area contributed by atoms with E-state index >= 15 is 0 Å². The average molecular weight is 365 g/mol. The summed E-state index contributed by atoms with van der Waals surface area (Å²) in [6.07, 6.45) is 1.58. The number of halogens is 2. The minimum Gasteiger partial charge on any atom is -0.399 e. The van der Waals surface area contributed by atoms with Crippen LogP contribution >= 0.6 is 12.4 Å². The Balaban J connectivity index is 0.00000225. The van der Waals surface area contributed by atoms with Gasteiger partial charge in [0, 0.05) is 36.4 Å². The molecule has 25 heavy (non-hydrogen) atoms. The van der Waals surface area contributed by atoms with Crippen LogP contribution in [0, 0.1) is 5.82 Å². The van der Waals surface area contributed by atoms with Crippen molar-refractivity contribution in [2.75, 3.05) is 25.5 Å². The number of hydrogen-bond acceptors (Lipinski definition) is 3. The molecule has 1 fully saturated rings. The molecule has 4 nitrogen and oxygen atoms in total. The van der Waals surface area contributed by atoms with E-state index in [0.29, 0.717) is 31.0 Å². The van der Waals surface area contributed by atoms with Crippen LogP contribution in [0.3, 0.4) is 0 Å². The van der Waals surface area contributed by atoms with Gasteiger partial charge in [-0.1, -0.05) is 18.2 Å². The zero-order valence-corrected chi connectivity index (χ0v) is 14.7. The van der Waals surface area contributed by atoms with Gasteiger partial charge in [0.25, 0.3) is 5.91 Å². The van der Waals surface area contributed by atoms with Crippen molar-refractivity contribution in [2.24, 2.45) is 0 Å².